The number of aromatic nitrogens is 3. The van der Waals surface area contributed by atoms with Crippen LogP contribution in [0.15, 0.2) is 152 Å². The van der Waals surface area contributed by atoms with Gasteiger partial charge in [0.15, 0.2) is 5.82 Å². The zero-order valence-electron chi connectivity index (χ0n) is 25.9. The summed E-state index contributed by atoms with van der Waals surface area (Å²) in [7, 11) is 0. The lowest BCUT2D eigenvalue weighted by molar-refractivity contribution is 0.394. The quantitative estimate of drug-likeness (QED) is 0.204. The van der Waals surface area contributed by atoms with Gasteiger partial charge in [-0.05, 0) is 58.9 Å². The van der Waals surface area contributed by atoms with Gasteiger partial charge in [0.2, 0.25) is 0 Å². The van der Waals surface area contributed by atoms with Crippen LogP contribution in [-0.2, 0) is 5.41 Å². The van der Waals surface area contributed by atoms with Crippen molar-refractivity contribution in [2.24, 2.45) is 5.92 Å². The molecule has 2 unspecified atom stereocenters. The fraction of sp³-hybridized carbons (Fsp3) is 0.116. The summed E-state index contributed by atoms with van der Waals surface area (Å²) in [6.07, 6.45) is 9.22. The highest BCUT2D eigenvalue weighted by Crippen LogP contribution is 2.54. The van der Waals surface area contributed by atoms with Crippen LogP contribution in [-0.4, -0.2) is 14.5 Å². The number of hydrogen-bond donors (Lipinski definition) is 0. The number of para-hydroxylation sites is 1. The lowest BCUT2D eigenvalue weighted by Crippen LogP contribution is -2.24. The third-order valence-corrected chi connectivity index (χ3v) is 10.1. The summed E-state index contributed by atoms with van der Waals surface area (Å²) in [5, 5.41) is 2.60. The molecule has 2 atom stereocenters. The Morgan fingerprint density at radius 2 is 1.20 bits per heavy atom. The summed E-state index contributed by atoms with van der Waals surface area (Å²) in [4.78, 5) is 10.0. The Bertz CT molecular complexity index is 2270. The van der Waals surface area contributed by atoms with E-state index in [0.29, 0.717) is 11.8 Å². The van der Waals surface area contributed by atoms with E-state index in [1.165, 1.54) is 32.9 Å². The fourth-order valence-electron chi connectivity index (χ4n) is 7.77. The van der Waals surface area contributed by atoms with Gasteiger partial charge in [-0.15, -0.1) is 0 Å². The first-order chi connectivity index (χ1) is 22.6. The van der Waals surface area contributed by atoms with Crippen molar-refractivity contribution in [1.82, 2.24) is 14.5 Å². The molecule has 0 radical (unpaired) electrons. The van der Waals surface area contributed by atoms with Crippen LogP contribution in [0.4, 0.5) is 0 Å². The van der Waals surface area contributed by atoms with Crippen molar-refractivity contribution in [3.63, 3.8) is 0 Å². The van der Waals surface area contributed by atoms with Crippen LogP contribution < -0.4 is 0 Å². The minimum absolute atomic E-state index is 0.0784. The number of fused-ring (bicyclic) bond motifs is 6. The lowest BCUT2D eigenvalue weighted by Gasteiger charge is -2.29. The van der Waals surface area contributed by atoms with Crippen LogP contribution in [0.3, 0.4) is 0 Å². The van der Waals surface area contributed by atoms with Gasteiger partial charge in [0, 0.05) is 39.1 Å². The average Bonchev–Trinajstić information content (AvgIpc) is 3.56. The lowest BCUT2D eigenvalue weighted by atomic mass is 9.74. The molecule has 2 heterocycles. The molecule has 220 valence electrons. The first kappa shape index (κ1) is 26.8. The maximum absolute atomic E-state index is 5.05. The van der Waals surface area contributed by atoms with E-state index >= 15 is 0 Å². The van der Waals surface area contributed by atoms with Crippen molar-refractivity contribution >= 4 is 21.8 Å². The van der Waals surface area contributed by atoms with E-state index in [1.807, 2.05) is 24.3 Å². The normalized spacial score (nSPS) is 17.8. The van der Waals surface area contributed by atoms with Gasteiger partial charge in [-0.1, -0.05) is 129 Å². The smallest absolute Gasteiger partial charge is 0.160 e. The maximum Gasteiger partial charge on any atom is 0.160 e. The number of hydrogen-bond acceptors (Lipinski definition) is 2. The standard InChI is InChI=1S/C43H33N3/c1-43(2)36-19-11-9-17-32(36)34-26-41-35(25-37(34)43)33-18-10-12-20-40(33)46(41)31-23-21-29(22-24-31)39-27-38(28-13-5-3-6-14-28)44-42(45-39)30-15-7-4-8-16-30/h3-27,32,36H,1-2H3. The third-order valence-electron chi connectivity index (χ3n) is 10.1. The van der Waals surface area contributed by atoms with Crippen LogP contribution in [0.2, 0.25) is 0 Å². The molecular weight excluding hydrogens is 558 g/mol. The molecule has 0 N–H and O–H groups in total. The van der Waals surface area contributed by atoms with E-state index in [9.17, 15) is 0 Å². The highest BCUT2D eigenvalue weighted by molar-refractivity contribution is 6.10. The predicted octanol–water partition coefficient (Wildman–Crippen LogP) is 10.7. The second-order valence-corrected chi connectivity index (χ2v) is 13.1. The summed E-state index contributed by atoms with van der Waals surface area (Å²) in [5.74, 6) is 1.61. The molecular formula is C43H33N3. The molecule has 0 saturated heterocycles. The SMILES string of the molecule is CC1(C)c2cc3c4ccccc4n(-c4ccc(-c5cc(-c6ccccc6)nc(-c6ccccc6)n5)cc4)c3cc2C2C=CC=CC21. The predicted molar refractivity (Wildman–Crippen MR) is 190 cm³/mol. The van der Waals surface area contributed by atoms with Gasteiger partial charge >= 0.3 is 0 Å². The Morgan fingerprint density at radius 3 is 1.93 bits per heavy atom. The van der Waals surface area contributed by atoms with Crippen molar-refractivity contribution in [3.05, 3.63) is 163 Å². The summed E-state index contributed by atoms with van der Waals surface area (Å²) >= 11 is 0. The molecule has 5 aromatic carbocycles. The van der Waals surface area contributed by atoms with Gasteiger partial charge in [-0.25, -0.2) is 9.97 Å². The van der Waals surface area contributed by atoms with E-state index in [4.69, 9.17) is 9.97 Å². The van der Waals surface area contributed by atoms with E-state index in [1.54, 1.807) is 0 Å². The van der Waals surface area contributed by atoms with E-state index in [0.717, 1.165) is 39.6 Å². The van der Waals surface area contributed by atoms with Gasteiger partial charge in [-0.3, -0.25) is 0 Å². The molecule has 0 spiro atoms. The van der Waals surface area contributed by atoms with Gasteiger partial charge < -0.3 is 4.57 Å². The van der Waals surface area contributed by atoms with Crippen LogP contribution in [0.25, 0.3) is 61.4 Å². The molecule has 2 aliphatic carbocycles. The third kappa shape index (κ3) is 4.12. The maximum atomic E-state index is 5.05. The van der Waals surface area contributed by atoms with Crippen LogP contribution in [0, 0.1) is 5.92 Å². The molecule has 0 aliphatic heterocycles. The number of nitrogens with zero attached hydrogens (tertiary/aromatic N) is 3. The highest BCUT2D eigenvalue weighted by Gasteiger charge is 2.44. The van der Waals surface area contributed by atoms with Crippen molar-refractivity contribution < 1.29 is 0 Å². The molecule has 2 aromatic heterocycles. The second-order valence-electron chi connectivity index (χ2n) is 13.1. The molecule has 7 aromatic rings. The zero-order valence-corrected chi connectivity index (χ0v) is 25.9. The van der Waals surface area contributed by atoms with Crippen LogP contribution in [0.5, 0.6) is 0 Å². The van der Waals surface area contributed by atoms with Gasteiger partial charge in [0.05, 0.1) is 22.4 Å². The molecule has 3 heteroatoms. The number of benzene rings is 5. The highest BCUT2D eigenvalue weighted by atomic mass is 15.0. The fourth-order valence-corrected chi connectivity index (χ4v) is 7.77. The average molecular weight is 592 g/mol. The number of allylic oxidation sites excluding steroid dienone is 4. The molecule has 0 bridgehead atoms. The molecule has 2 aliphatic rings. The topological polar surface area (TPSA) is 30.7 Å². The first-order valence-electron chi connectivity index (χ1n) is 16.1. The van der Waals surface area contributed by atoms with Gasteiger partial charge in [0.1, 0.15) is 0 Å². The summed E-state index contributed by atoms with van der Waals surface area (Å²) in [6, 6.07) is 45.3. The first-order valence-corrected chi connectivity index (χ1v) is 16.1. The van der Waals surface area contributed by atoms with Crippen LogP contribution >= 0.6 is 0 Å². The summed E-state index contributed by atoms with van der Waals surface area (Å²) < 4.78 is 2.43. The van der Waals surface area contributed by atoms with Crippen molar-refractivity contribution in [2.75, 3.05) is 0 Å². The summed E-state index contributed by atoms with van der Waals surface area (Å²) in [6.45, 7) is 4.81. The van der Waals surface area contributed by atoms with Gasteiger partial charge in [0.25, 0.3) is 0 Å². The van der Waals surface area contributed by atoms with E-state index < -0.39 is 0 Å². The Kier molecular flexibility index (Phi) is 5.98. The minimum atomic E-state index is 0.0784. The largest absolute Gasteiger partial charge is 0.309 e. The van der Waals surface area contributed by atoms with E-state index in [2.05, 4.69) is 146 Å². The molecule has 3 nitrogen and oxygen atoms in total. The molecule has 0 saturated carbocycles. The monoisotopic (exact) mass is 591 g/mol. The minimum Gasteiger partial charge on any atom is -0.309 e. The Morgan fingerprint density at radius 1 is 0.565 bits per heavy atom. The molecule has 0 fully saturated rings. The van der Waals surface area contributed by atoms with Crippen molar-refractivity contribution in [1.29, 1.82) is 0 Å². The molecule has 0 amide bonds. The second kappa shape index (κ2) is 10.3. The van der Waals surface area contributed by atoms with Crippen LogP contribution in [0.1, 0.15) is 30.9 Å². The zero-order chi connectivity index (χ0) is 30.8. The van der Waals surface area contributed by atoms with E-state index in [-0.39, 0.29) is 5.41 Å². The Labute approximate surface area is 269 Å². The van der Waals surface area contributed by atoms with Gasteiger partial charge in [-0.2, -0.15) is 0 Å². The Balaban J connectivity index is 1.19. The molecule has 46 heavy (non-hydrogen) atoms. The Hall–Kier alpha value is -5.54. The van der Waals surface area contributed by atoms with Crippen molar-refractivity contribution in [2.45, 2.75) is 25.2 Å². The van der Waals surface area contributed by atoms with Crippen molar-refractivity contribution in [3.8, 4) is 39.6 Å². The summed E-state index contributed by atoms with van der Waals surface area (Å²) in [5.41, 5.74) is 11.6. The number of rotatable bonds is 4. The molecule has 9 rings (SSSR count).